The number of alkyl halides is 2. The Bertz CT molecular complexity index is 159. The van der Waals surface area contributed by atoms with Crippen molar-refractivity contribution in [3.05, 3.63) is 0 Å². The van der Waals surface area contributed by atoms with Crippen LogP contribution in [-0.4, -0.2) is 28.9 Å². The molecule has 2 atom stereocenters. The van der Waals surface area contributed by atoms with Crippen LogP contribution in [0, 0.1) is 0 Å². The molecule has 0 aliphatic carbocycles. The van der Waals surface area contributed by atoms with Crippen molar-refractivity contribution in [1.82, 2.24) is 0 Å². The van der Waals surface area contributed by atoms with Crippen LogP contribution in [0.2, 0.25) is 0 Å². The molecule has 0 amide bonds. The topological polar surface area (TPSA) is 46.5 Å². The second-order valence-electron chi connectivity index (χ2n) is 2.12. The normalized spacial score (nSPS) is 39.9. The van der Waals surface area contributed by atoms with Gasteiger partial charge in [-0.25, -0.2) is 9.18 Å². The molecule has 0 aromatic heterocycles. The molecule has 0 bridgehead atoms. The first kappa shape index (κ1) is 7.75. The monoisotopic (exact) mass is 168 g/mol. The molecule has 0 aromatic carbocycles. The van der Waals surface area contributed by atoms with Gasteiger partial charge in [-0.2, -0.15) is 0 Å². The first-order valence-electron chi connectivity index (χ1n) is 2.76. The van der Waals surface area contributed by atoms with Gasteiger partial charge in [0.2, 0.25) is 0 Å². The Morgan fingerprint density at radius 3 is 2.80 bits per heavy atom. The van der Waals surface area contributed by atoms with E-state index in [1.165, 1.54) is 0 Å². The van der Waals surface area contributed by atoms with E-state index in [1.54, 1.807) is 0 Å². The van der Waals surface area contributed by atoms with Crippen molar-refractivity contribution in [3.63, 3.8) is 0 Å². The minimum Gasteiger partial charge on any atom is -0.456 e. The molecule has 1 aliphatic rings. The minimum absolute atomic E-state index is 0.274. The van der Waals surface area contributed by atoms with E-state index in [0.29, 0.717) is 0 Å². The van der Waals surface area contributed by atoms with Crippen molar-refractivity contribution in [2.24, 2.45) is 0 Å². The van der Waals surface area contributed by atoms with Crippen molar-refractivity contribution in [1.29, 1.82) is 0 Å². The van der Waals surface area contributed by atoms with E-state index in [1.807, 2.05) is 0 Å². The number of carbonyl (C=O) groups excluding carboxylic acids is 1. The first-order chi connectivity index (χ1) is 4.56. The molecule has 0 unspecified atom stereocenters. The molecular weight excluding hydrogens is 163 g/mol. The van der Waals surface area contributed by atoms with Crippen molar-refractivity contribution >= 4 is 17.6 Å². The zero-order valence-electron chi connectivity index (χ0n) is 5.01. The lowest BCUT2D eigenvalue weighted by Gasteiger charge is -2.01. The Morgan fingerprint density at radius 1 is 2.00 bits per heavy atom. The van der Waals surface area contributed by atoms with Gasteiger partial charge in [0.05, 0.1) is 6.61 Å². The molecule has 1 fully saturated rings. The van der Waals surface area contributed by atoms with E-state index in [-0.39, 0.29) is 13.0 Å². The quantitative estimate of drug-likeness (QED) is 0.450. The van der Waals surface area contributed by atoms with Gasteiger partial charge in [0.1, 0.15) is 6.10 Å². The Balaban J connectivity index is 2.62. The second kappa shape index (κ2) is 2.36. The summed E-state index contributed by atoms with van der Waals surface area (Å²) in [6, 6.07) is 0. The van der Waals surface area contributed by atoms with E-state index in [0.717, 1.165) is 0 Å². The molecule has 1 N–H and O–H groups in total. The lowest BCUT2D eigenvalue weighted by Crippen LogP contribution is -2.20. The number of carbonyl (C=O) groups is 1. The van der Waals surface area contributed by atoms with Crippen LogP contribution in [0.15, 0.2) is 0 Å². The molecule has 5 heteroatoms. The smallest absolute Gasteiger partial charge is 0.360 e. The summed E-state index contributed by atoms with van der Waals surface area (Å²) >= 11 is 5.04. The third kappa shape index (κ3) is 1.22. The van der Waals surface area contributed by atoms with Gasteiger partial charge in [-0.05, 0) is 0 Å². The average Bonchev–Trinajstić information content (AvgIpc) is 2.08. The van der Waals surface area contributed by atoms with Crippen LogP contribution >= 0.6 is 11.6 Å². The van der Waals surface area contributed by atoms with Gasteiger partial charge in [-0.15, -0.1) is 0 Å². The zero-order chi connectivity index (χ0) is 7.78. The van der Waals surface area contributed by atoms with Crippen LogP contribution in [0.1, 0.15) is 6.42 Å². The summed E-state index contributed by atoms with van der Waals surface area (Å²) in [7, 11) is 0. The van der Waals surface area contributed by atoms with Gasteiger partial charge in [0.15, 0.2) is 0 Å². The SMILES string of the molecule is O=C1O[C@H](CO)C[C@]1(F)Cl. The first-order valence-corrected chi connectivity index (χ1v) is 3.14. The van der Waals surface area contributed by atoms with E-state index in [4.69, 9.17) is 16.7 Å². The third-order valence-corrected chi connectivity index (χ3v) is 1.57. The van der Waals surface area contributed by atoms with Gasteiger partial charge in [0.25, 0.3) is 5.13 Å². The fraction of sp³-hybridized carbons (Fsp3) is 0.800. The van der Waals surface area contributed by atoms with Crippen molar-refractivity contribution in [2.75, 3.05) is 6.61 Å². The van der Waals surface area contributed by atoms with Gasteiger partial charge >= 0.3 is 5.97 Å². The summed E-state index contributed by atoms with van der Waals surface area (Å²) in [5.41, 5.74) is 0. The maximum absolute atomic E-state index is 12.6. The highest BCUT2D eigenvalue weighted by molar-refractivity contribution is 6.33. The summed E-state index contributed by atoms with van der Waals surface area (Å²) in [5.74, 6) is -1.10. The maximum atomic E-state index is 12.6. The molecule has 0 aromatic rings. The summed E-state index contributed by atoms with van der Waals surface area (Å²) in [5, 5.41) is 5.99. The van der Waals surface area contributed by atoms with Crippen molar-refractivity contribution in [2.45, 2.75) is 17.7 Å². The van der Waals surface area contributed by atoms with Crippen LogP contribution in [0.4, 0.5) is 4.39 Å². The molecule has 3 nitrogen and oxygen atoms in total. The Hall–Kier alpha value is -0.350. The van der Waals surface area contributed by atoms with Gasteiger partial charge in [-0.1, -0.05) is 11.6 Å². The number of hydrogen-bond donors (Lipinski definition) is 1. The van der Waals surface area contributed by atoms with Gasteiger partial charge in [0, 0.05) is 6.42 Å². The number of hydrogen-bond acceptors (Lipinski definition) is 3. The molecule has 0 saturated carbocycles. The zero-order valence-corrected chi connectivity index (χ0v) is 5.77. The molecule has 1 aliphatic heterocycles. The van der Waals surface area contributed by atoms with Crippen LogP contribution < -0.4 is 0 Å². The van der Waals surface area contributed by atoms with E-state index in [9.17, 15) is 9.18 Å². The largest absolute Gasteiger partial charge is 0.456 e. The van der Waals surface area contributed by atoms with Crippen molar-refractivity contribution < 1.29 is 19.0 Å². The second-order valence-corrected chi connectivity index (χ2v) is 2.72. The Morgan fingerprint density at radius 2 is 2.60 bits per heavy atom. The lowest BCUT2D eigenvalue weighted by molar-refractivity contribution is -0.147. The third-order valence-electron chi connectivity index (χ3n) is 1.26. The highest BCUT2D eigenvalue weighted by Crippen LogP contribution is 2.32. The fourth-order valence-corrected chi connectivity index (χ4v) is 0.967. The molecule has 10 heavy (non-hydrogen) atoms. The maximum Gasteiger partial charge on any atom is 0.360 e. The predicted molar refractivity (Wildman–Crippen MR) is 31.3 cm³/mol. The lowest BCUT2D eigenvalue weighted by atomic mass is 10.2. The Kier molecular flexibility index (Phi) is 1.83. The van der Waals surface area contributed by atoms with Crippen LogP contribution in [-0.2, 0) is 9.53 Å². The number of esters is 1. The minimum atomic E-state index is -2.42. The summed E-state index contributed by atoms with van der Waals surface area (Å²) in [4.78, 5) is 10.4. The highest BCUT2D eigenvalue weighted by Gasteiger charge is 2.48. The molecule has 1 rings (SSSR count). The number of aliphatic hydroxyl groups is 1. The van der Waals surface area contributed by atoms with Gasteiger partial charge < -0.3 is 9.84 Å². The van der Waals surface area contributed by atoms with Crippen molar-refractivity contribution in [3.8, 4) is 0 Å². The standard InChI is InChI=1S/C5H6ClFO3/c6-5(7)1-3(2-8)10-4(5)9/h3,8H,1-2H2/t3-,5+/m0/s1. The molecule has 0 spiro atoms. The summed E-state index contributed by atoms with van der Waals surface area (Å²) in [6.45, 7) is -0.385. The summed E-state index contributed by atoms with van der Waals surface area (Å²) < 4.78 is 17.0. The van der Waals surface area contributed by atoms with Crippen LogP contribution in [0.25, 0.3) is 0 Å². The predicted octanol–water partition coefficient (Wildman–Crippen LogP) is 0.199. The molecule has 1 saturated heterocycles. The number of halogens is 2. The molecule has 0 radical (unpaired) electrons. The van der Waals surface area contributed by atoms with E-state index < -0.39 is 17.2 Å². The number of ether oxygens (including phenoxy) is 1. The van der Waals surface area contributed by atoms with E-state index in [2.05, 4.69) is 4.74 Å². The summed E-state index contributed by atoms with van der Waals surface area (Å²) in [6.07, 6.45) is -1.06. The number of aliphatic hydroxyl groups excluding tert-OH is 1. The van der Waals surface area contributed by atoms with Crippen LogP contribution in [0.5, 0.6) is 0 Å². The average molecular weight is 169 g/mol. The van der Waals surface area contributed by atoms with E-state index >= 15 is 0 Å². The molecule has 58 valence electrons. The number of rotatable bonds is 1. The van der Waals surface area contributed by atoms with Gasteiger partial charge in [-0.3, -0.25) is 0 Å². The molecule has 1 heterocycles. The van der Waals surface area contributed by atoms with Crippen LogP contribution in [0.3, 0.4) is 0 Å². The highest BCUT2D eigenvalue weighted by atomic mass is 35.5. The fourth-order valence-electron chi connectivity index (χ4n) is 0.750. The molecular formula is C5H6ClFO3. The Labute approximate surface area is 61.7 Å². The number of cyclic esters (lactones) is 1.